The zero-order valence-electron chi connectivity index (χ0n) is 43.7. The molecule has 0 aliphatic heterocycles. The maximum Gasteiger partial charge on any atom is 0.276 e. The van der Waals surface area contributed by atoms with Crippen LogP contribution < -0.4 is 25.9 Å². The molecule has 9 rings (SSSR count). The summed E-state index contributed by atoms with van der Waals surface area (Å²) in [5.41, 5.74) is 11.6. The quantitative estimate of drug-likeness (QED) is 0.0237. The Hall–Kier alpha value is -7.52. The highest BCUT2D eigenvalue weighted by Crippen LogP contribution is 2.37. The maximum absolute atomic E-state index is 14.3. The van der Waals surface area contributed by atoms with Crippen LogP contribution >= 0.6 is 34.0 Å². The number of aryl methyl sites for hydroxylation is 3. The van der Waals surface area contributed by atoms with Crippen LogP contribution in [0.15, 0.2) is 91.3 Å². The molecule has 3 amide bonds. The Morgan fingerprint density at radius 3 is 1.30 bits per heavy atom. The van der Waals surface area contributed by atoms with Crippen LogP contribution in [0.1, 0.15) is 79.1 Å². The monoisotopic (exact) mass is 1160 g/mol. The average molecular weight is 1160 g/mol. The second-order valence-corrected chi connectivity index (χ2v) is 20.7. The fourth-order valence-electron chi connectivity index (χ4n) is 7.92. The number of methoxy groups -OCH3 is 2. The summed E-state index contributed by atoms with van der Waals surface area (Å²) in [5.74, 6) is -2.19. The third-order valence-corrected chi connectivity index (χ3v) is 15.0. The van der Waals surface area contributed by atoms with Crippen molar-refractivity contribution in [2.24, 2.45) is 0 Å². The van der Waals surface area contributed by atoms with Crippen LogP contribution in [0.3, 0.4) is 0 Å². The van der Waals surface area contributed by atoms with Crippen molar-refractivity contribution in [1.82, 2.24) is 31.4 Å². The number of nitrogens with zero attached hydrogens (tertiary/aromatic N) is 3. The van der Waals surface area contributed by atoms with E-state index < -0.39 is 23.5 Å². The molecular formula is C56H54F4N6O11S3. The maximum atomic E-state index is 14.3. The zero-order valence-corrected chi connectivity index (χ0v) is 46.2. The highest BCUT2D eigenvalue weighted by Gasteiger charge is 2.25. The predicted molar refractivity (Wildman–Crippen MR) is 295 cm³/mol. The number of hydroxylamine groups is 3. The summed E-state index contributed by atoms with van der Waals surface area (Å²) in [5, 5.41) is 27.9. The van der Waals surface area contributed by atoms with Gasteiger partial charge in [0.25, 0.3) is 17.7 Å². The number of amides is 3. The highest BCUT2D eigenvalue weighted by atomic mass is 32.1. The molecule has 6 N–H and O–H groups in total. The summed E-state index contributed by atoms with van der Waals surface area (Å²) < 4.78 is 66.8. The Morgan fingerprint density at radius 2 is 0.900 bits per heavy atom. The second kappa shape index (κ2) is 28.6. The average Bonchev–Trinajstić information content (AvgIpc) is 4.11. The van der Waals surface area contributed by atoms with E-state index >= 15 is 0 Å². The number of carbonyl (C=O) groups excluding carboxylic acids is 3. The van der Waals surface area contributed by atoms with Crippen LogP contribution in [-0.4, -0.2) is 102 Å². The van der Waals surface area contributed by atoms with Crippen molar-refractivity contribution in [3.05, 3.63) is 179 Å². The van der Waals surface area contributed by atoms with E-state index in [0.717, 1.165) is 22.9 Å². The van der Waals surface area contributed by atoms with E-state index in [1.807, 2.05) is 26.0 Å². The van der Waals surface area contributed by atoms with E-state index in [1.165, 1.54) is 72.5 Å². The van der Waals surface area contributed by atoms with Gasteiger partial charge in [-0.25, -0.2) is 49.0 Å². The molecule has 0 spiro atoms. The Labute approximate surface area is 467 Å². The molecule has 9 aromatic rings. The van der Waals surface area contributed by atoms with Gasteiger partial charge < -0.3 is 24.8 Å². The first-order chi connectivity index (χ1) is 38.5. The number of halogens is 4. The Bertz CT molecular complexity index is 3600. The minimum Gasteiger partial charge on any atom is -0.495 e. The number of ether oxygens (including phenoxy) is 2. The summed E-state index contributed by atoms with van der Waals surface area (Å²) in [6.07, 6.45) is 3.30. The largest absolute Gasteiger partial charge is 0.495 e. The van der Waals surface area contributed by atoms with Crippen LogP contribution in [0.5, 0.6) is 11.6 Å². The van der Waals surface area contributed by atoms with Gasteiger partial charge in [0.15, 0.2) is 0 Å². The van der Waals surface area contributed by atoms with E-state index in [4.69, 9.17) is 39.3 Å². The minimum absolute atomic E-state index is 0.0260. The third kappa shape index (κ3) is 15.2. The molecule has 0 saturated carbocycles. The molecule has 0 fully saturated rings. The molecular weight excluding hydrogens is 1100 g/mol. The first-order valence-corrected chi connectivity index (χ1v) is 26.8. The third-order valence-electron chi connectivity index (χ3n) is 11.7. The highest BCUT2D eigenvalue weighted by molar-refractivity contribution is 7.19. The Morgan fingerprint density at radius 1 is 0.500 bits per heavy atom. The molecule has 0 unspecified atom stereocenters. The van der Waals surface area contributed by atoms with E-state index in [-0.39, 0.29) is 81.9 Å². The number of thiophene rings is 3. The molecule has 0 bridgehead atoms. The number of rotatable bonds is 20. The number of fused-ring (bicyclic) bond motifs is 3. The summed E-state index contributed by atoms with van der Waals surface area (Å²) in [6.45, 7) is 4.59. The summed E-state index contributed by atoms with van der Waals surface area (Å²) >= 11 is 3.82. The van der Waals surface area contributed by atoms with E-state index in [2.05, 4.69) is 31.4 Å². The molecule has 0 atom stereocenters. The fourth-order valence-corrected chi connectivity index (χ4v) is 11.4. The van der Waals surface area contributed by atoms with Crippen LogP contribution in [0.25, 0.3) is 30.6 Å². The van der Waals surface area contributed by atoms with Gasteiger partial charge in [-0.1, -0.05) is 36.4 Å². The lowest BCUT2D eigenvalue weighted by atomic mass is 10.0. The molecule has 80 heavy (non-hydrogen) atoms. The number of aliphatic hydroxyl groups excluding tert-OH is 3. The Kier molecular flexibility index (Phi) is 21.5. The summed E-state index contributed by atoms with van der Waals surface area (Å²) in [6, 6.07) is 21.2. The van der Waals surface area contributed by atoms with E-state index in [9.17, 15) is 31.9 Å². The van der Waals surface area contributed by atoms with Crippen LogP contribution in [0.4, 0.5) is 17.6 Å². The molecule has 17 nitrogen and oxygen atoms in total. The van der Waals surface area contributed by atoms with Gasteiger partial charge >= 0.3 is 0 Å². The molecule has 0 aliphatic carbocycles. The van der Waals surface area contributed by atoms with Gasteiger partial charge in [-0.2, -0.15) is 0 Å². The van der Waals surface area contributed by atoms with Gasteiger partial charge in [0, 0.05) is 56.1 Å². The van der Waals surface area contributed by atoms with Crippen molar-refractivity contribution in [2.75, 3.05) is 53.9 Å². The molecule has 0 radical (unpaired) electrons. The number of nitrogens with one attached hydrogen (secondary N) is 3. The van der Waals surface area contributed by atoms with Crippen LogP contribution in [0, 0.1) is 44.0 Å². The number of hydrogen-bond donors (Lipinski definition) is 6. The van der Waals surface area contributed by atoms with Gasteiger partial charge in [0.1, 0.15) is 43.5 Å². The number of hydrogen-bond acceptors (Lipinski definition) is 17. The van der Waals surface area contributed by atoms with Crippen LogP contribution in [-0.2, 0) is 33.8 Å². The smallest absolute Gasteiger partial charge is 0.276 e. The van der Waals surface area contributed by atoms with Crippen molar-refractivity contribution in [1.29, 1.82) is 0 Å². The van der Waals surface area contributed by atoms with Crippen LogP contribution in [0.2, 0.25) is 0 Å². The van der Waals surface area contributed by atoms with Crippen molar-refractivity contribution < 1.29 is 71.3 Å². The molecule has 6 heterocycles. The van der Waals surface area contributed by atoms with Crippen molar-refractivity contribution in [2.45, 2.75) is 40.0 Å². The number of aliphatic hydroxyl groups is 3. The topological polar surface area (TPSA) is 233 Å². The molecule has 3 aromatic carbocycles. The second-order valence-electron chi connectivity index (χ2n) is 17.5. The van der Waals surface area contributed by atoms with Gasteiger partial charge in [-0.15, -0.1) is 34.0 Å². The number of aromatic nitrogens is 3. The van der Waals surface area contributed by atoms with Crippen molar-refractivity contribution >= 4 is 82.4 Å². The minimum atomic E-state index is -0.598. The SMILES string of the molecule is COc1ccc2c(C(=O)NOCCO)c(Cc3ccc(C)cc3F)sc2n1.COc1cnc2sc(Cc3ccc(C)cc3F)c(C(=O)NOCCO)c2c1.Cc1ccc(Cc2sc3ncc(F)cc3c2C(=O)NOCCO)c(F)c1. The molecule has 0 aliphatic rings. The number of carbonyl (C=O) groups is 3. The standard InChI is InChI=1S/2C19H19FN2O4S.C18H16F2N2O3S/c1-11-3-4-12(15(20)7-11)8-16-17(18(24)22-26-6-5-23)14-9-13(25-2)10-21-19(14)27-16;1-11-3-4-12(14(20)9-11)10-15-17(18(24)22-26-8-7-23)13-5-6-16(25-2)21-19(13)27-15;1-10-2-3-11(14(20)6-10)7-15-16(17(24)22-25-5-4-23)13-8-12(19)9-21-18(13)26-15/h3-4,7,9-10,23H,5-6,8H2,1-2H3,(H,22,24);3-6,9,23H,7-8,10H2,1-2H3,(H,22,24);2-3,6,8-9,23H,4-5,7H2,1H3,(H,22,24). The van der Waals surface area contributed by atoms with Crippen molar-refractivity contribution in [3.8, 4) is 11.6 Å². The fraction of sp³-hybridized carbons (Fsp3) is 0.250. The lowest BCUT2D eigenvalue weighted by Crippen LogP contribution is -2.25. The summed E-state index contributed by atoms with van der Waals surface area (Å²) in [7, 11) is 3.03. The summed E-state index contributed by atoms with van der Waals surface area (Å²) in [4.78, 5) is 68.9. The van der Waals surface area contributed by atoms with E-state index in [1.54, 1.807) is 55.6 Å². The van der Waals surface area contributed by atoms with Crippen molar-refractivity contribution in [3.63, 3.8) is 0 Å². The molecule has 0 saturated heterocycles. The first kappa shape index (κ1) is 60.1. The van der Waals surface area contributed by atoms with Gasteiger partial charge in [-0.3, -0.25) is 28.9 Å². The zero-order chi connectivity index (χ0) is 57.5. The lowest BCUT2D eigenvalue weighted by molar-refractivity contribution is 0.0166. The molecule has 24 heteroatoms. The first-order valence-electron chi connectivity index (χ1n) is 24.4. The number of benzene rings is 3. The van der Waals surface area contributed by atoms with Gasteiger partial charge in [0.05, 0.1) is 82.9 Å². The van der Waals surface area contributed by atoms with Gasteiger partial charge in [0.2, 0.25) is 5.88 Å². The normalized spacial score (nSPS) is 11.0. The number of pyridine rings is 3. The molecule has 6 aromatic heterocycles. The predicted octanol–water partition coefficient (Wildman–Crippen LogP) is 9.12. The molecule has 420 valence electrons. The van der Waals surface area contributed by atoms with Gasteiger partial charge in [-0.05, 0) is 90.6 Å². The Balaban J connectivity index is 0.000000173. The lowest BCUT2D eigenvalue weighted by Gasteiger charge is -2.08. The van der Waals surface area contributed by atoms with E-state index in [0.29, 0.717) is 84.7 Å².